The minimum absolute atomic E-state index is 0.0887. The molecule has 2 amide bonds. The van der Waals surface area contributed by atoms with Gasteiger partial charge < -0.3 is 4.57 Å². The second-order valence-corrected chi connectivity index (χ2v) is 9.25. The lowest BCUT2D eigenvalue weighted by Gasteiger charge is -2.15. The summed E-state index contributed by atoms with van der Waals surface area (Å²) in [7, 11) is 1.37. The highest BCUT2D eigenvalue weighted by Crippen LogP contribution is 2.41. The Kier molecular flexibility index (Phi) is 5.20. The Labute approximate surface area is 216 Å². The zero-order chi connectivity index (χ0) is 27.9. The first kappa shape index (κ1) is 24.7. The average Bonchev–Trinajstić information content (AvgIpc) is 3.34. The largest absolute Gasteiger partial charge is 0.416 e. The van der Waals surface area contributed by atoms with Crippen LogP contribution in [0.15, 0.2) is 78.9 Å². The van der Waals surface area contributed by atoms with Crippen molar-refractivity contribution in [2.75, 3.05) is 7.05 Å². The van der Waals surface area contributed by atoms with E-state index in [0.29, 0.717) is 34.2 Å². The highest BCUT2D eigenvalue weighted by Gasteiger charge is 2.38. The second-order valence-electron chi connectivity index (χ2n) is 9.25. The number of benzene rings is 4. The molecule has 0 saturated carbocycles. The maximum Gasteiger partial charge on any atom is 0.416 e. The number of alkyl halides is 6. The summed E-state index contributed by atoms with van der Waals surface area (Å²) in [6.45, 7) is 0. The second kappa shape index (κ2) is 8.20. The summed E-state index contributed by atoms with van der Waals surface area (Å²) < 4.78 is 82.8. The topological polar surface area (TPSA) is 42.3 Å². The fourth-order valence-electron chi connectivity index (χ4n) is 5.10. The first-order valence-electron chi connectivity index (χ1n) is 11.6. The van der Waals surface area contributed by atoms with Crippen molar-refractivity contribution in [3.63, 3.8) is 0 Å². The lowest BCUT2D eigenvalue weighted by atomic mass is 9.98. The van der Waals surface area contributed by atoms with Gasteiger partial charge in [0, 0.05) is 17.8 Å². The number of rotatable bonds is 2. The Balaban J connectivity index is 1.67. The van der Waals surface area contributed by atoms with Crippen LogP contribution in [0.1, 0.15) is 31.8 Å². The Bertz CT molecular complexity index is 1820. The molecular formula is C29H16F6N2O2. The van der Waals surface area contributed by atoms with E-state index in [1.54, 1.807) is 41.0 Å². The van der Waals surface area contributed by atoms with Gasteiger partial charge in [-0.2, -0.15) is 26.3 Å². The zero-order valence-corrected chi connectivity index (χ0v) is 20.0. The van der Waals surface area contributed by atoms with Crippen LogP contribution in [-0.2, 0) is 12.4 Å². The molecule has 1 aromatic heterocycles. The van der Waals surface area contributed by atoms with Crippen molar-refractivity contribution in [2.45, 2.75) is 12.4 Å². The lowest BCUT2D eigenvalue weighted by molar-refractivity contribution is -0.143. The Morgan fingerprint density at radius 1 is 0.615 bits per heavy atom. The molecule has 1 aliphatic rings. The number of para-hydroxylation sites is 1. The fourth-order valence-corrected chi connectivity index (χ4v) is 5.10. The molecule has 6 rings (SSSR count). The molecule has 0 unspecified atom stereocenters. The van der Waals surface area contributed by atoms with E-state index in [2.05, 4.69) is 0 Å². The summed E-state index contributed by atoms with van der Waals surface area (Å²) in [6.07, 6.45) is -9.98. The van der Waals surface area contributed by atoms with E-state index < -0.39 is 35.3 Å². The number of carbonyl (C=O) groups is 2. The van der Waals surface area contributed by atoms with Crippen molar-refractivity contribution in [2.24, 2.45) is 0 Å². The van der Waals surface area contributed by atoms with Crippen LogP contribution in [-0.4, -0.2) is 28.3 Å². The predicted molar refractivity (Wildman–Crippen MR) is 133 cm³/mol. The van der Waals surface area contributed by atoms with Crippen molar-refractivity contribution in [1.82, 2.24) is 9.47 Å². The summed E-state index contributed by atoms with van der Waals surface area (Å²) in [5.41, 5.74) is -1.14. The van der Waals surface area contributed by atoms with E-state index >= 15 is 0 Å². The van der Waals surface area contributed by atoms with E-state index in [4.69, 9.17) is 0 Å². The molecule has 0 atom stereocenters. The summed E-state index contributed by atoms with van der Waals surface area (Å²) in [5, 5.41) is 1.42. The third kappa shape index (κ3) is 3.77. The number of halogens is 6. The van der Waals surface area contributed by atoms with Gasteiger partial charge in [0.05, 0.1) is 39.0 Å². The monoisotopic (exact) mass is 538 g/mol. The van der Waals surface area contributed by atoms with Gasteiger partial charge in [-0.1, -0.05) is 36.4 Å². The van der Waals surface area contributed by atoms with Gasteiger partial charge >= 0.3 is 12.4 Å². The van der Waals surface area contributed by atoms with Gasteiger partial charge in [0.15, 0.2) is 0 Å². The number of hydrogen-bond acceptors (Lipinski definition) is 2. The fraction of sp³-hybridized carbons (Fsp3) is 0.103. The van der Waals surface area contributed by atoms with Crippen LogP contribution in [0.3, 0.4) is 0 Å². The van der Waals surface area contributed by atoms with Gasteiger partial charge in [-0.25, -0.2) is 0 Å². The van der Waals surface area contributed by atoms with Crippen molar-refractivity contribution in [1.29, 1.82) is 0 Å². The quantitative estimate of drug-likeness (QED) is 0.171. The van der Waals surface area contributed by atoms with E-state index in [1.165, 1.54) is 25.2 Å². The van der Waals surface area contributed by atoms with Gasteiger partial charge in [-0.3, -0.25) is 14.5 Å². The van der Waals surface area contributed by atoms with E-state index in [9.17, 15) is 35.9 Å². The molecule has 0 saturated heterocycles. The molecule has 2 heterocycles. The molecule has 0 aliphatic carbocycles. The molecule has 0 radical (unpaired) electrons. The number of imide groups is 1. The van der Waals surface area contributed by atoms with Gasteiger partial charge in [0.25, 0.3) is 11.8 Å². The standard InChI is InChI=1S/C29H16F6N2O2/c1-36-26(38)21-6-4-8-23(25(21)27(36)39)37-22-7-3-2-5-19(22)20-10-9-15(13-24(20)37)16-11-17(28(30,31)32)14-18(12-16)29(33,34)35/h2-14H,1H3. The third-order valence-electron chi connectivity index (χ3n) is 6.93. The van der Waals surface area contributed by atoms with Gasteiger partial charge in [0.1, 0.15) is 0 Å². The Morgan fingerprint density at radius 3 is 1.92 bits per heavy atom. The smallest absolute Gasteiger partial charge is 0.308 e. The van der Waals surface area contributed by atoms with Crippen molar-refractivity contribution in [3.8, 4) is 16.8 Å². The third-order valence-corrected chi connectivity index (χ3v) is 6.93. The van der Waals surface area contributed by atoms with E-state index in [1.807, 2.05) is 6.07 Å². The van der Waals surface area contributed by atoms with Crippen LogP contribution in [0.2, 0.25) is 0 Å². The molecule has 10 heteroatoms. The number of amides is 2. The summed E-state index contributed by atoms with van der Waals surface area (Å²) in [6, 6.07) is 18.0. The first-order chi connectivity index (χ1) is 18.4. The molecule has 4 nitrogen and oxygen atoms in total. The number of fused-ring (bicyclic) bond motifs is 4. The lowest BCUT2D eigenvalue weighted by Crippen LogP contribution is -2.24. The highest BCUT2D eigenvalue weighted by molar-refractivity contribution is 6.23. The molecule has 4 aromatic carbocycles. The van der Waals surface area contributed by atoms with Crippen LogP contribution in [0, 0.1) is 0 Å². The maximum atomic E-state index is 13.5. The van der Waals surface area contributed by atoms with Gasteiger partial charge in [-0.05, 0) is 53.6 Å². The van der Waals surface area contributed by atoms with E-state index in [0.717, 1.165) is 10.3 Å². The van der Waals surface area contributed by atoms with Crippen molar-refractivity contribution >= 4 is 33.6 Å². The summed E-state index contributed by atoms with van der Waals surface area (Å²) in [4.78, 5) is 26.7. The van der Waals surface area contributed by atoms with Crippen LogP contribution < -0.4 is 0 Å². The molecule has 1 aliphatic heterocycles. The average molecular weight is 538 g/mol. The minimum Gasteiger partial charge on any atom is -0.308 e. The molecular weight excluding hydrogens is 522 g/mol. The number of aromatic nitrogens is 1. The molecule has 5 aromatic rings. The SMILES string of the molecule is CN1C(=O)c2cccc(-n3c4ccccc4c4ccc(-c5cc(C(F)(F)F)cc(C(F)(F)F)c5)cc43)c2C1=O. The van der Waals surface area contributed by atoms with Crippen LogP contribution in [0.25, 0.3) is 38.6 Å². The Morgan fingerprint density at radius 2 is 1.26 bits per heavy atom. The van der Waals surface area contributed by atoms with Crippen molar-refractivity contribution in [3.05, 3.63) is 101 Å². The zero-order valence-electron chi connectivity index (χ0n) is 20.0. The normalized spacial score (nSPS) is 14.1. The maximum absolute atomic E-state index is 13.5. The van der Waals surface area contributed by atoms with Gasteiger partial charge in [-0.15, -0.1) is 0 Å². The summed E-state index contributed by atoms with van der Waals surface area (Å²) in [5.74, 6) is -0.984. The molecule has 0 bridgehead atoms. The molecule has 0 N–H and O–H groups in total. The minimum atomic E-state index is -4.99. The summed E-state index contributed by atoms with van der Waals surface area (Å²) >= 11 is 0. The molecule has 39 heavy (non-hydrogen) atoms. The van der Waals surface area contributed by atoms with E-state index in [-0.39, 0.29) is 28.3 Å². The highest BCUT2D eigenvalue weighted by atomic mass is 19.4. The van der Waals surface area contributed by atoms with Crippen molar-refractivity contribution < 1.29 is 35.9 Å². The van der Waals surface area contributed by atoms with Crippen LogP contribution >= 0.6 is 0 Å². The number of nitrogens with zero attached hydrogens (tertiary/aromatic N) is 2. The molecule has 0 fully saturated rings. The first-order valence-corrected chi connectivity index (χ1v) is 11.6. The van der Waals surface area contributed by atoms with Gasteiger partial charge in [0.2, 0.25) is 0 Å². The van der Waals surface area contributed by atoms with Crippen LogP contribution in [0.5, 0.6) is 0 Å². The molecule has 196 valence electrons. The molecule has 0 spiro atoms. The predicted octanol–water partition coefficient (Wildman–Crippen LogP) is 7.71. The Hall–Kier alpha value is -4.60. The number of hydrogen-bond donors (Lipinski definition) is 0. The van der Waals surface area contributed by atoms with Crippen LogP contribution in [0.4, 0.5) is 26.3 Å². The number of carbonyl (C=O) groups excluding carboxylic acids is 2.